The van der Waals surface area contributed by atoms with Gasteiger partial charge in [0.2, 0.25) is 0 Å². The summed E-state index contributed by atoms with van der Waals surface area (Å²) in [5.41, 5.74) is -0.0147. The molecule has 1 heterocycles. The van der Waals surface area contributed by atoms with E-state index in [2.05, 4.69) is 49.4 Å². The molecule has 0 saturated carbocycles. The van der Waals surface area contributed by atoms with Gasteiger partial charge < -0.3 is 4.74 Å². The third-order valence-electron chi connectivity index (χ3n) is 3.63. The van der Waals surface area contributed by atoms with Gasteiger partial charge in [0, 0.05) is 4.83 Å². The van der Waals surface area contributed by atoms with Crippen molar-refractivity contribution in [2.24, 2.45) is 5.92 Å². The molecule has 1 rings (SSSR count). The molecule has 1 fully saturated rings. The smallest absolute Gasteiger partial charge is 0.0780 e. The highest BCUT2D eigenvalue weighted by atomic mass is 79.9. The number of alkyl halides is 1. The normalized spacial score (nSPS) is 37.5. The first-order valence-corrected chi connectivity index (χ1v) is 7.00. The lowest BCUT2D eigenvalue weighted by atomic mass is 9.84. The Bertz CT molecular complexity index is 259. The van der Waals surface area contributed by atoms with Gasteiger partial charge in [-0.1, -0.05) is 47.7 Å². The lowest BCUT2D eigenvalue weighted by Crippen LogP contribution is -2.46. The van der Waals surface area contributed by atoms with Crippen LogP contribution in [0.1, 0.15) is 40.0 Å². The molecule has 0 aromatic carbocycles. The first-order valence-electron chi connectivity index (χ1n) is 6.09. The summed E-state index contributed by atoms with van der Waals surface area (Å²) in [6, 6.07) is 0. The van der Waals surface area contributed by atoms with Crippen LogP contribution in [0.3, 0.4) is 0 Å². The quantitative estimate of drug-likeness (QED) is 0.547. The van der Waals surface area contributed by atoms with E-state index in [0.29, 0.717) is 16.8 Å². The molecular weight excluding hydrogens is 264 g/mol. The molecule has 1 aliphatic rings. The van der Waals surface area contributed by atoms with Crippen LogP contribution in [-0.4, -0.2) is 16.5 Å². The van der Waals surface area contributed by atoms with Crippen LogP contribution in [0, 0.1) is 5.92 Å². The topological polar surface area (TPSA) is 9.23 Å². The average molecular weight is 287 g/mol. The van der Waals surface area contributed by atoms with E-state index in [0.717, 1.165) is 12.8 Å². The average Bonchev–Trinajstić information content (AvgIpc) is 2.23. The molecule has 0 aromatic heterocycles. The summed E-state index contributed by atoms with van der Waals surface area (Å²) in [4.78, 5) is 0.401. The van der Waals surface area contributed by atoms with Gasteiger partial charge >= 0.3 is 0 Å². The van der Waals surface area contributed by atoms with E-state index in [-0.39, 0.29) is 5.60 Å². The molecule has 0 radical (unpaired) electrons. The fourth-order valence-electron chi connectivity index (χ4n) is 2.10. The van der Waals surface area contributed by atoms with E-state index in [1.54, 1.807) is 0 Å². The van der Waals surface area contributed by atoms with Crippen LogP contribution in [0.25, 0.3) is 0 Å². The maximum Gasteiger partial charge on any atom is 0.0780 e. The second kappa shape index (κ2) is 6.02. The van der Waals surface area contributed by atoms with Crippen molar-refractivity contribution in [1.29, 1.82) is 0 Å². The summed E-state index contributed by atoms with van der Waals surface area (Å²) in [5.74, 6) is 0.647. The highest BCUT2D eigenvalue weighted by Crippen LogP contribution is 2.38. The second-order valence-corrected chi connectivity index (χ2v) is 6.37. The van der Waals surface area contributed by atoms with Crippen LogP contribution in [0.2, 0.25) is 0 Å². The summed E-state index contributed by atoms with van der Waals surface area (Å²) >= 11 is 3.66. The molecule has 0 aromatic rings. The van der Waals surface area contributed by atoms with E-state index >= 15 is 0 Å². The second-order valence-electron chi connectivity index (χ2n) is 5.00. The SMILES string of the molecule is C=C/C=C/C[C@H]1O[C@](C)([C@H](C)Br)CC[C@H]1C. The van der Waals surface area contributed by atoms with Crippen molar-refractivity contribution in [2.45, 2.75) is 56.6 Å². The van der Waals surface area contributed by atoms with Crippen molar-refractivity contribution in [3.8, 4) is 0 Å². The number of hydrogen-bond acceptors (Lipinski definition) is 1. The summed E-state index contributed by atoms with van der Waals surface area (Å²) < 4.78 is 6.26. The molecule has 0 amide bonds. The van der Waals surface area contributed by atoms with E-state index in [9.17, 15) is 0 Å². The van der Waals surface area contributed by atoms with Gasteiger partial charge in [-0.2, -0.15) is 0 Å². The predicted octanol–water partition coefficient (Wildman–Crippen LogP) is 4.48. The Labute approximate surface area is 108 Å². The predicted molar refractivity (Wildman–Crippen MR) is 74.0 cm³/mol. The molecule has 16 heavy (non-hydrogen) atoms. The van der Waals surface area contributed by atoms with E-state index < -0.39 is 0 Å². The third kappa shape index (κ3) is 3.46. The monoisotopic (exact) mass is 286 g/mol. The van der Waals surface area contributed by atoms with E-state index in [1.807, 2.05) is 12.2 Å². The summed E-state index contributed by atoms with van der Waals surface area (Å²) in [7, 11) is 0. The zero-order chi connectivity index (χ0) is 12.2. The van der Waals surface area contributed by atoms with Crippen LogP contribution >= 0.6 is 15.9 Å². The number of halogens is 1. The highest BCUT2D eigenvalue weighted by Gasteiger charge is 2.39. The van der Waals surface area contributed by atoms with Crippen LogP contribution in [0.15, 0.2) is 24.8 Å². The van der Waals surface area contributed by atoms with Crippen LogP contribution in [0.4, 0.5) is 0 Å². The third-order valence-corrected chi connectivity index (χ3v) is 4.60. The molecule has 1 aliphatic heterocycles. The minimum absolute atomic E-state index is 0.0147. The molecule has 1 saturated heterocycles. The van der Waals surface area contributed by atoms with E-state index in [4.69, 9.17) is 4.74 Å². The van der Waals surface area contributed by atoms with Crippen molar-refractivity contribution in [1.82, 2.24) is 0 Å². The van der Waals surface area contributed by atoms with Crippen LogP contribution in [0.5, 0.6) is 0 Å². The van der Waals surface area contributed by atoms with Gasteiger partial charge in [-0.15, -0.1) is 0 Å². The number of rotatable bonds is 4. The van der Waals surface area contributed by atoms with Gasteiger partial charge in [0.1, 0.15) is 0 Å². The van der Waals surface area contributed by atoms with Crippen molar-refractivity contribution in [2.75, 3.05) is 0 Å². The lowest BCUT2D eigenvalue weighted by Gasteiger charge is -2.43. The van der Waals surface area contributed by atoms with Gasteiger partial charge in [0.15, 0.2) is 0 Å². The van der Waals surface area contributed by atoms with Gasteiger partial charge in [0.05, 0.1) is 11.7 Å². The molecular formula is C14H23BrO. The van der Waals surface area contributed by atoms with Gasteiger partial charge in [-0.05, 0) is 39.0 Å². The Morgan fingerprint density at radius 3 is 2.88 bits per heavy atom. The Morgan fingerprint density at radius 1 is 1.62 bits per heavy atom. The molecule has 1 nitrogen and oxygen atoms in total. The first kappa shape index (κ1) is 14.0. The van der Waals surface area contributed by atoms with Crippen molar-refractivity contribution in [3.63, 3.8) is 0 Å². The van der Waals surface area contributed by atoms with Gasteiger partial charge in [-0.25, -0.2) is 0 Å². The molecule has 0 aliphatic carbocycles. The minimum atomic E-state index is -0.0147. The van der Waals surface area contributed by atoms with Crippen molar-refractivity contribution < 1.29 is 4.74 Å². The zero-order valence-electron chi connectivity index (χ0n) is 10.6. The molecule has 0 bridgehead atoms. The standard InChI is InChI=1S/C14H23BrO/c1-5-6-7-8-13-11(2)9-10-14(4,16-13)12(3)15/h5-7,11-13H,1,8-10H2,2-4H3/b7-6+/t11-,12+,13-,14+/m1/s1. The fraction of sp³-hybridized carbons (Fsp3) is 0.714. The fourth-order valence-corrected chi connectivity index (χ4v) is 2.44. The molecule has 4 atom stereocenters. The molecule has 0 unspecified atom stereocenters. The first-order chi connectivity index (χ1) is 7.49. The lowest BCUT2D eigenvalue weighted by molar-refractivity contribution is -0.136. The number of ether oxygens (including phenoxy) is 1. The summed E-state index contributed by atoms with van der Waals surface area (Å²) in [6.07, 6.45) is 9.69. The van der Waals surface area contributed by atoms with Crippen LogP contribution in [-0.2, 0) is 4.74 Å². The molecule has 0 spiro atoms. The molecule has 0 N–H and O–H groups in total. The number of allylic oxidation sites excluding steroid dienone is 2. The molecule has 2 heteroatoms. The van der Waals surface area contributed by atoms with Gasteiger partial charge in [-0.3, -0.25) is 0 Å². The number of hydrogen-bond donors (Lipinski definition) is 0. The van der Waals surface area contributed by atoms with Gasteiger partial charge in [0.25, 0.3) is 0 Å². The Kier molecular flexibility index (Phi) is 5.26. The maximum atomic E-state index is 6.26. The van der Waals surface area contributed by atoms with Crippen molar-refractivity contribution in [3.05, 3.63) is 24.8 Å². The Balaban J connectivity index is 2.61. The highest BCUT2D eigenvalue weighted by molar-refractivity contribution is 9.09. The largest absolute Gasteiger partial charge is 0.370 e. The minimum Gasteiger partial charge on any atom is -0.370 e. The van der Waals surface area contributed by atoms with Crippen molar-refractivity contribution >= 4 is 15.9 Å². The summed E-state index contributed by atoms with van der Waals surface area (Å²) in [6.45, 7) is 10.4. The van der Waals surface area contributed by atoms with E-state index in [1.165, 1.54) is 6.42 Å². The molecule has 92 valence electrons. The zero-order valence-corrected chi connectivity index (χ0v) is 12.2. The maximum absolute atomic E-state index is 6.26. The Hall–Kier alpha value is -0.0800. The Morgan fingerprint density at radius 2 is 2.31 bits per heavy atom. The van der Waals surface area contributed by atoms with Crippen LogP contribution < -0.4 is 0 Å². The summed E-state index contributed by atoms with van der Waals surface area (Å²) in [5, 5.41) is 0.